The maximum Gasteiger partial charge on any atom is 0.267 e. The standard InChI is InChI=1S/C13H14BrN3O3S/c14-13-11(7-10(20-13)8-16-9-4-5-9)21(18,19)17-12-3-1-2-6-15-12/h1-3,6-7,9,16H,4-5,8H2,(H,15,17). The van der Waals surface area contributed by atoms with Crippen molar-refractivity contribution in [2.75, 3.05) is 4.72 Å². The van der Waals surface area contributed by atoms with E-state index >= 15 is 0 Å². The highest BCUT2D eigenvalue weighted by atomic mass is 79.9. The third kappa shape index (κ3) is 3.63. The molecule has 1 aliphatic carbocycles. The average molecular weight is 372 g/mol. The van der Waals surface area contributed by atoms with Crippen LogP contribution < -0.4 is 10.0 Å². The molecule has 0 aliphatic heterocycles. The molecule has 112 valence electrons. The van der Waals surface area contributed by atoms with Crippen molar-refractivity contribution in [2.45, 2.75) is 30.3 Å². The third-order valence-corrected chi connectivity index (χ3v) is 5.25. The molecule has 0 atom stereocenters. The average Bonchev–Trinajstić information content (AvgIpc) is 3.19. The van der Waals surface area contributed by atoms with Gasteiger partial charge in [-0.25, -0.2) is 13.4 Å². The highest BCUT2D eigenvalue weighted by Crippen LogP contribution is 2.28. The Balaban J connectivity index is 1.77. The maximum absolute atomic E-state index is 12.3. The van der Waals surface area contributed by atoms with Crippen LogP contribution in [0.25, 0.3) is 0 Å². The lowest BCUT2D eigenvalue weighted by Crippen LogP contribution is -2.15. The van der Waals surface area contributed by atoms with Crippen molar-refractivity contribution < 1.29 is 12.8 Å². The van der Waals surface area contributed by atoms with E-state index in [9.17, 15) is 8.42 Å². The molecular weight excluding hydrogens is 358 g/mol. The summed E-state index contributed by atoms with van der Waals surface area (Å²) in [5.41, 5.74) is 0. The second-order valence-corrected chi connectivity index (χ2v) is 7.20. The Bertz CT molecular complexity index is 726. The molecule has 0 aromatic carbocycles. The molecule has 21 heavy (non-hydrogen) atoms. The van der Waals surface area contributed by atoms with Crippen molar-refractivity contribution in [1.29, 1.82) is 0 Å². The number of pyridine rings is 1. The summed E-state index contributed by atoms with van der Waals surface area (Å²) in [6.45, 7) is 0.516. The van der Waals surface area contributed by atoms with Gasteiger partial charge in [0.05, 0.1) is 6.54 Å². The highest BCUT2D eigenvalue weighted by Gasteiger charge is 2.25. The Hall–Kier alpha value is -1.38. The molecular formula is C13H14BrN3O3S. The largest absolute Gasteiger partial charge is 0.451 e. The van der Waals surface area contributed by atoms with Gasteiger partial charge in [0, 0.05) is 18.3 Å². The van der Waals surface area contributed by atoms with E-state index in [-0.39, 0.29) is 15.4 Å². The molecule has 3 rings (SSSR count). The maximum atomic E-state index is 12.3. The predicted octanol–water partition coefficient (Wildman–Crippen LogP) is 2.49. The van der Waals surface area contributed by atoms with Crippen molar-refractivity contribution in [3.63, 3.8) is 0 Å². The van der Waals surface area contributed by atoms with Crippen LogP contribution in [-0.2, 0) is 16.6 Å². The van der Waals surface area contributed by atoms with Crippen LogP contribution in [0.3, 0.4) is 0 Å². The summed E-state index contributed by atoms with van der Waals surface area (Å²) in [6.07, 6.45) is 3.84. The summed E-state index contributed by atoms with van der Waals surface area (Å²) in [7, 11) is -3.73. The van der Waals surface area contributed by atoms with Gasteiger partial charge in [-0.3, -0.25) is 4.72 Å². The number of sulfonamides is 1. The zero-order chi connectivity index (χ0) is 14.9. The number of hydrogen-bond donors (Lipinski definition) is 2. The fraction of sp³-hybridized carbons (Fsp3) is 0.308. The van der Waals surface area contributed by atoms with E-state index in [1.807, 2.05) is 0 Å². The van der Waals surface area contributed by atoms with Crippen LogP contribution in [0.5, 0.6) is 0 Å². The number of nitrogens with zero attached hydrogens (tertiary/aromatic N) is 1. The van der Waals surface area contributed by atoms with Gasteiger partial charge >= 0.3 is 0 Å². The van der Waals surface area contributed by atoms with Crippen LogP contribution in [0.15, 0.2) is 44.4 Å². The number of halogens is 1. The van der Waals surface area contributed by atoms with E-state index in [1.165, 1.54) is 12.3 Å². The molecule has 0 amide bonds. The van der Waals surface area contributed by atoms with Crippen LogP contribution >= 0.6 is 15.9 Å². The first kappa shape index (κ1) is 14.6. The van der Waals surface area contributed by atoms with E-state index in [0.717, 1.165) is 12.8 Å². The van der Waals surface area contributed by atoms with Crippen LogP contribution in [0.2, 0.25) is 0 Å². The Labute approximate surface area is 131 Å². The van der Waals surface area contributed by atoms with Gasteiger partial charge in [-0.2, -0.15) is 0 Å². The summed E-state index contributed by atoms with van der Waals surface area (Å²) in [5, 5.41) is 3.27. The first-order chi connectivity index (χ1) is 10.0. The second kappa shape index (κ2) is 5.78. The van der Waals surface area contributed by atoms with E-state index in [2.05, 4.69) is 31.0 Å². The summed E-state index contributed by atoms with van der Waals surface area (Å²) in [4.78, 5) is 4.02. The zero-order valence-electron chi connectivity index (χ0n) is 11.0. The Morgan fingerprint density at radius 3 is 2.86 bits per heavy atom. The molecule has 1 aliphatic rings. The van der Waals surface area contributed by atoms with E-state index < -0.39 is 10.0 Å². The van der Waals surface area contributed by atoms with Crippen molar-refractivity contribution in [3.05, 3.63) is 40.9 Å². The molecule has 2 N–H and O–H groups in total. The second-order valence-electron chi connectivity index (χ2n) is 4.83. The Kier molecular flexibility index (Phi) is 4.01. The molecule has 2 heterocycles. The normalized spacial score (nSPS) is 15.1. The van der Waals surface area contributed by atoms with Crippen LogP contribution in [0.4, 0.5) is 5.82 Å². The highest BCUT2D eigenvalue weighted by molar-refractivity contribution is 9.10. The van der Waals surface area contributed by atoms with Gasteiger partial charge in [-0.15, -0.1) is 0 Å². The van der Waals surface area contributed by atoms with Crippen molar-refractivity contribution in [3.8, 4) is 0 Å². The number of nitrogens with one attached hydrogen (secondary N) is 2. The first-order valence-electron chi connectivity index (χ1n) is 6.50. The molecule has 1 fully saturated rings. The SMILES string of the molecule is O=S(=O)(Nc1ccccn1)c1cc(CNC2CC2)oc1Br. The molecule has 0 spiro atoms. The molecule has 0 radical (unpaired) electrons. The number of rotatable bonds is 6. The molecule has 2 aromatic heterocycles. The van der Waals surface area contributed by atoms with Gasteiger partial charge in [0.15, 0.2) is 4.67 Å². The van der Waals surface area contributed by atoms with Crippen molar-refractivity contribution in [1.82, 2.24) is 10.3 Å². The number of hydrogen-bond acceptors (Lipinski definition) is 5. The summed E-state index contributed by atoms with van der Waals surface area (Å²) in [5.74, 6) is 0.846. The number of furan rings is 1. The van der Waals surface area contributed by atoms with E-state index in [4.69, 9.17) is 4.42 Å². The monoisotopic (exact) mass is 371 g/mol. The molecule has 6 nitrogen and oxygen atoms in total. The van der Waals surface area contributed by atoms with Gasteiger partial charge in [0.25, 0.3) is 10.0 Å². The molecule has 0 unspecified atom stereocenters. The van der Waals surface area contributed by atoms with Gasteiger partial charge in [-0.1, -0.05) is 6.07 Å². The predicted molar refractivity (Wildman–Crippen MR) is 81.3 cm³/mol. The summed E-state index contributed by atoms with van der Waals surface area (Å²) in [6, 6.07) is 7.06. The smallest absolute Gasteiger partial charge is 0.267 e. The van der Waals surface area contributed by atoms with Crippen LogP contribution in [0.1, 0.15) is 18.6 Å². The number of anilines is 1. The summed E-state index contributed by atoms with van der Waals surface area (Å²) >= 11 is 3.15. The van der Waals surface area contributed by atoms with E-state index in [1.54, 1.807) is 18.2 Å². The molecule has 1 saturated carbocycles. The zero-order valence-corrected chi connectivity index (χ0v) is 13.4. The molecule has 0 bridgehead atoms. The molecule has 2 aromatic rings. The van der Waals surface area contributed by atoms with Gasteiger partial charge in [-0.05, 0) is 40.9 Å². The van der Waals surface area contributed by atoms with Crippen molar-refractivity contribution >= 4 is 31.8 Å². The van der Waals surface area contributed by atoms with Gasteiger partial charge in [0.2, 0.25) is 0 Å². The lowest BCUT2D eigenvalue weighted by atomic mass is 10.4. The fourth-order valence-electron chi connectivity index (χ4n) is 1.82. The topological polar surface area (TPSA) is 84.2 Å². The Morgan fingerprint density at radius 2 is 2.19 bits per heavy atom. The van der Waals surface area contributed by atoms with Crippen LogP contribution in [0, 0.1) is 0 Å². The van der Waals surface area contributed by atoms with E-state index in [0.29, 0.717) is 18.3 Å². The van der Waals surface area contributed by atoms with Crippen LogP contribution in [-0.4, -0.2) is 19.4 Å². The third-order valence-electron chi connectivity index (χ3n) is 3.04. The lowest BCUT2D eigenvalue weighted by Gasteiger charge is -2.04. The molecule has 8 heteroatoms. The van der Waals surface area contributed by atoms with Crippen molar-refractivity contribution in [2.24, 2.45) is 0 Å². The van der Waals surface area contributed by atoms with Gasteiger partial charge < -0.3 is 9.73 Å². The fourth-order valence-corrected chi connectivity index (χ4v) is 3.82. The first-order valence-corrected chi connectivity index (χ1v) is 8.78. The minimum atomic E-state index is -3.73. The quantitative estimate of drug-likeness (QED) is 0.814. The van der Waals surface area contributed by atoms with Gasteiger partial charge in [0.1, 0.15) is 16.5 Å². The Morgan fingerprint density at radius 1 is 1.38 bits per heavy atom. The minimum Gasteiger partial charge on any atom is -0.451 e. The molecule has 0 saturated heterocycles. The lowest BCUT2D eigenvalue weighted by molar-refractivity contribution is 0.460. The number of aromatic nitrogens is 1. The summed E-state index contributed by atoms with van der Waals surface area (Å²) < 4.78 is 32.7. The minimum absolute atomic E-state index is 0.0701.